The van der Waals surface area contributed by atoms with E-state index in [0.717, 1.165) is 25.3 Å². The van der Waals surface area contributed by atoms with Crippen LogP contribution in [0.5, 0.6) is 0 Å². The van der Waals surface area contributed by atoms with E-state index >= 15 is 0 Å². The third kappa shape index (κ3) is 3.43. The molecule has 0 saturated carbocycles. The van der Waals surface area contributed by atoms with Crippen LogP contribution in [0.15, 0.2) is 12.1 Å². The third-order valence-corrected chi connectivity index (χ3v) is 3.49. The van der Waals surface area contributed by atoms with Gasteiger partial charge in [0.1, 0.15) is 0 Å². The lowest BCUT2D eigenvalue weighted by Gasteiger charge is -2.16. The Morgan fingerprint density at radius 3 is 2.85 bits per heavy atom. The van der Waals surface area contributed by atoms with Gasteiger partial charge in [-0.15, -0.1) is 10.2 Å². The Kier molecular flexibility index (Phi) is 4.49. The summed E-state index contributed by atoms with van der Waals surface area (Å²) in [6.07, 6.45) is 1.86. The number of amides is 1. The summed E-state index contributed by atoms with van der Waals surface area (Å²) in [5.41, 5.74) is 0.290. The van der Waals surface area contributed by atoms with Crippen molar-refractivity contribution in [2.75, 3.05) is 25.0 Å². The predicted molar refractivity (Wildman–Crippen MR) is 72.6 cm³/mol. The highest BCUT2D eigenvalue weighted by Gasteiger charge is 2.24. The van der Waals surface area contributed by atoms with Crippen molar-refractivity contribution >= 4 is 17.7 Å². The molecule has 1 aliphatic rings. The Hall–Kier alpha value is -2.18. The number of carboxylic acids is 1. The molecule has 0 bridgehead atoms. The van der Waals surface area contributed by atoms with E-state index < -0.39 is 5.97 Å². The first-order valence-electron chi connectivity index (χ1n) is 6.62. The molecule has 2 heterocycles. The molecule has 1 aliphatic heterocycles. The molecule has 0 radical (unpaired) electrons. The van der Waals surface area contributed by atoms with Crippen LogP contribution in [0.25, 0.3) is 0 Å². The number of nitrogens with one attached hydrogen (secondary N) is 1. The molecule has 1 saturated heterocycles. The van der Waals surface area contributed by atoms with E-state index in [9.17, 15) is 9.59 Å². The number of nitrogens with zero attached hydrogens (tertiary/aromatic N) is 3. The maximum Gasteiger partial charge on any atom is 0.303 e. The maximum absolute atomic E-state index is 11.4. The van der Waals surface area contributed by atoms with Crippen molar-refractivity contribution < 1.29 is 14.7 Å². The molecular weight excluding hydrogens is 260 g/mol. The van der Waals surface area contributed by atoms with Crippen molar-refractivity contribution in [3.63, 3.8) is 0 Å². The Morgan fingerprint density at radius 1 is 1.45 bits per heavy atom. The van der Waals surface area contributed by atoms with Gasteiger partial charge in [0.15, 0.2) is 11.5 Å². The number of carbonyl (C=O) groups excluding carboxylic acids is 1. The van der Waals surface area contributed by atoms with Crippen LogP contribution in [0, 0.1) is 5.92 Å². The number of rotatable bonds is 5. The molecule has 0 aliphatic carbocycles. The van der Waals surface area contributed by atoms with Crippen molar-refractivity contribution in [3.8, 4) is 0 Å². The zero-order valence-corrected chi connectivity index (χ0v) is 11.4. The van der Waals surface area contributed by atoms with Gasteiger partial charge >= 0.3 is 5.97 Å². The molecular formula is C13H18N4O3. The number of hydrogen-bond donors (Lipinski definition) is 2. The molecule has 1 aromatic rings. The Balaban J connectivity index is 1.93. The summed E-state index contributed by atoms with van der Waals surface area (Å²) < 4.78 is 0. The highest BCUT2D eigenvalue weighted by Crippen LogP contribution is 2.24. The minimum Gasteiger partial charge on any atom is -0.481 e. The van der Waals surface area contributed by atoms with Gasteiger partial charge in [0.05, 0.1) is 0 Å². The van der Waals surface area contributed by atoms with Crippen molar-refractivity contribution in [2.45, 2.75) is 19.3 Å². The number of carbonyl (C=O) groups is 2. The van der Waals surface area contributed by atoms with Crippen LogP contribution >= 0.6 is 0 Å². The third-order valence-electron chi connectivity index (χ3n) is 3.49. The van der Waals surface area contributed by atoms with Gasteiger partial charge in [-0.05, 0) is 30.9 Å². The molecule has 20 heavy (non-hydrogen) atoms. The number of anilines is 1. The van der Waals surface area contributed by atoms with Gasteiger partial charge in [0.2, 0.25) is 0 Å². The summed E-state index contributed by atoms with van der Waals surface area (Å²) in [6.45, 7) is 1.64. The largest absolute Gasteiger partial charge is 0.481 e. The first-order chi connectivity index (χ1) is 9.60. The van der Waals surface area contributed by atoms with Gasteiger partial charge in [-0.25, -0.2) is 0 Å². The molecule has 7 heteroatoms. The summed E-state index contributed by atoms with van der Waals surface area (Å²) in [7, 11) is 1.55. The van der Waals surface area contributed by atoms with E-state index in [2.05, 4.69) is 20.4 Å². The first-order valence-corrected chi connectivity index (χ1v) is 6.62. The minimum atomic E-state index is -0.752. The van der Waals surface area contributed by atoms with Gasteiger partial charge < -0.3 is 15.3 Å². The monoisotopic (exact) mass is 278 g/mol. The second-order valence-corrected chi connectivity index (χ2v) is 4.89. The average Bonchev–Trinajstić information content (AvgIpc) is 2.93. The van der Waals surface area contributed by atoms with Gasteiger partial charge in [-0.2, -0.15) is 0 Å². The van der Waals surface area contributed by atoms with E-state index in [1.165, 1.54) is 0 Å². The molecule has 7 nitrogen and oxygen atoms in total. The summed E-state index contributed by atoms with van der Waals surface area (Å²) in [6, 6.07) is 3.42. The van der Waals surface area contributed by atoms with E-state index in [0.29, 0.717) is 12.3 Å². The summed E-state index contributed by atoms with van der Waals surface area (Å²) in [5, 5.41) is 19.1. The lowest BCUT2D eigenvalue weighted by Crippen LogP contribution is -2.23. The quantitative estimate of drug-likeness (QED) is 0.815. The predicted octanol–water partition coefficient (Wildman–Crippen LogP) is 0.527. The van der Waals surface area contributed by atoms with Crippen LogP contribution in [0.3, 0.4) is 0 Å². The van der Waals surface area contributed by atoms with Crippen molar-refractivity contribution in [2.24, 2.45) is 5.92 Å². The summed E-state index contributed by atoms with van der Waals surface area (Å²) in [4.78, 5) is 24.0. The van der Waals surface area contributed by atoms with Gasteiger partial charge in [-0.1, -0.05) is 0 Å². The fourth-order valence-electron chi connectivity index (χ4n) is 2.35. The number of carboxylic acid groups (broad SMARTS) is 1. The van der Waals surface area contributed by atoms with Gasteiger partial charge in [0, 0.05) is 26.6 Å². The second-order valence-electron chi connectivity index (χ2n) is 4.89. The van der Waals surface area contributed by atoms with E-state index in [1.807, 2.05) is 0 Å². The normalized spacial score (nSPS) is 18.1. The molecule has 2 N–H and O–H groups in total. The Morgan fingerprint density at radius 2 is 2.25 bits per heavy atom. The highest BCUT2D eigenvalue weighted by molar-refractivity contribution is 5.91. The van der Waals surface area contributed by atoms with E-state index in [4.69, 9.17) is 5.11 Å². The lowest BCUT2D eigenvalue weighted by molar-refractivity contribution is -0.137. The van der Waals surface area contributed by atoms with Crippen molar-refractivity contribution in [3.05, 3.63) is 17.8 Å². The van der Waals surface area contributed by atoms with Crippen LogP contribution in [-0.4, -0.2) is 47.3 Å². The Bertz CT molecular complexity index is 489. The second kappa shape index (κ2) is 6.31. The topological polar surface area (TPSA) is 95.4 Å². The van der Waals surface area contributed by atoms with Gasteiger partial charge in [0.25, 0.3) is 5.91 Å². The molecule has 0 aromatic carbocycles. The van der Waals surface area contributed by atoms with E-state index in [-0.39, 0.29) is 18.0 Å². The van der Waals surface area contributed by atoms with Crippen LogP contribution in [0.1, 0.15) is 29.8 Å². The van der Waals surface area contributed by atoms with Crippen LogP contribution in [-0.2, 0) is 4.79 Å². The molecule has 1 unspecified atom stereocenters. The standard InChI is InChI=1S/C13H18N4O3/c1-14-13(20)10-3-4-11(16-15-10)17-7-6-9(8-17)2-5-12(18)19/h3-4,9H,2,5-8H2,1H3,(H,14,20)(H,18,19). The first kappa shape index (κ1) is 14.2. The highest BCUT2D eigenvalue weighted by atomic mass is 16.4. The SMILES string of the molecule is CNC(=O)c1ccc(N2CCC(CCC(=O)O)C2)nn1. The average molecular weight is 278 g/mol. The summed E-state index contributed by atoms with van der Waals surface area (Å²) in [5.74, 6) is 0.102. The molecule has 2 rings (SSSR count). The molecule has 1 atom stereocenters. The van der Waals surface area contributed by atoms with Gasteiger partial charge in [-0.3, -0.25) is 9.59 Å². The number of aromatic nitrogens is 2. The Labute approximate surface area is 117 Å². The van der Waals surface area contributed by atoms with E-state index in [1.54, 1.807) is 19.2 Å². The molecule has 1 fully saturated rings. The molecule has 108 valence electrons. The smallest absolute Gasteiger partial charge is 0.303 e. The molecule has 1 amide bonds. The summed E-state index contributed by atoms with van der Waals surface area (Å²) >= 11 is 0. The van der Waals surface area contributed by atoms with Crippen LogP contribution in [0.4, 0.5) is 5.82 Å². The molecule has 1 aromatic heterocycles. The number of hydrogen-bond acceptors (Lipinski definition) is 5. The van der Waals surface area contributed by atoms with Crippen molar-refractivity contribution in [1.82, 2.24) is 15.5 Å². The fraction of sp³-hybridized carbons (Fsp3) is 0.538. The minimum absolute atomic E-state index is 0.208. The van der Waals surface area contributed by atoms with Crippen molar-refractivity contribution in [1.29, 1.82) is 0 Å². The molecule has 0 spiro atoms. The fourth-order valence-corrected chi connectivity index (χ4v) is 2.35. The van der Waals surface area contributed by atoms with Crippen LogP contribution in [0.2, 0.25) is 0 Å². The maximum atomic E-state index is 11.4. The van der Waals surface area contributed by atoms with Crippen LogP contribution < -0.4 is 10.2 Å². The zero-order valence-electron chi connectivity index (χ0n) is 11.4. The zero-order chi connectivity index (χ0) is 14.5. The lowest BCUT2D eigenvalue weighted by atomic mass is 10.0. The number of aliphatic carboxylic acids is 1.